The minimum absolute atomic E-state index is 0.301. The molecule has 3 fully saturated rings. The van der Waals surface area contributed by atoms with Crippen LogP contribution in [0.5, 0.6) is 0 Å². The van der Waals surface area contributed by atoms with Crippen molar-refractivity contribution in [2.24, 2.45) is 5.92 Å². The zero-order valence-corrected chi connectivity index (χ0v) is 20.6. The number of rotatable bonds is 7. The van der Waals surface area contributed by atoms with Crippen LogP contribution in [0.1, 0.15) is 18.4 Å². The van der Waals surface area contributed by atoms with Crippen molar-refractivity contribution < 1.29 is 37.8 Å². The Morgan fingerprint density at radius 2 is 1.35 bits per heavy atom. The molecule has 2 aliphatic heterocycles. The first kappa shape index (κ1) is 28.5. The third-order valence-corrected chi connectivity index (χ3v) is 6.62. The number of hydrogen-bond acceptors (Lipinski definition) is 6. The first-order valence-corrected chi connectivity index (χ1v) is 12.3. The highest BCUT2D eigenvalue weighted by atomic mass is 19.4. The van der Waals surface area contributed by atoms with E-state index >= 15 is 0 Å². The maximum atomic E-state index is 12.9. The van der Waals surface area contributed by atoms with E-state index in [1.165, 1.54) is 12.1 Å². The third kappa shape index (κ3) is 9.36. The number of carboxylic acids is 2. The summed E-state index contributed by atoms with van der Waals surface area (Å²) in [5.41, 5.74) is 0.0627. The van der Waals surface area contributed by atoms with Crippen LogP contribution in [0, 0.1) is 5.92 Å². The van der Waals surface area contributed by atoms with Gasteiger partial charge in [-0.05, 0) is 31.0 Å². The number of piperazine rings is 2. The lowest BCUT2D eigenvalue weighted by atomic mass is 10.1. The average Bonchev–Trinajstić information content (AvgIpc) is 3.72. The minimum Gasteiger partial charge on any atom is -0.478 e. The Balaban J connectivity index is 0.000000414. The molecule has 0 radical (unpaired) electrons. The second-order valence-electron chi connectivity index (χ2n) is 9.33. The summed E-state index contributed by atoms with van der Waals surface area (Å²) in [6.45, 7) is 8.67. The fraction of sp³-hybridized carbons (Fsp3) is 0.560. The van der Waals surface area contributed by atoms with E-state index in [1.807, 2.05) is 9.80 Å². The van der Waals surface area contributed by atoms with E-state index < -0.39 is 23.7 Å². The van der Waals surface area contributed by atoms with Crippen LogP contribution >= 0.6 is 0 Å². The molecular formula is C25H33F3N4O5. The fourth-order valence-corrected chi connectivity index (χ4v) is 4.31. The normalized spacial score (nSPS) is 19.4. The number of halogens is 3. The minimum atomic E-state index is -4.30. The number of hydrogen-bond donors (Lipinski definition) is 2. The van der Waals surface area contributed by atoms with E-state index in [1.54, 1.807) is 6.07 Å². The van der Waals surface area contributed by atoms with Crippen molar-refractivity contribution >= 4 is 23.5 Å². The van der Waals surface area contributed by atoms with Gasteiger partial charge in [-0.25, -0.2) is 9.59 Å². The summed E-state index contributed by atoms with van der Waals surface area (Å²) in [4.78, 5) is 40.1. The molecule has 1 saturated carbocycles. The van der Waals surface area contributed by atoms with E-state index in [9.17, 15) is 27.6 Å². The van der Waals surface area contributed by atoms with Crippen molar-refractivity contribution in [3.8, 4) is 0 Å². The number of anilines is 1. The Labute approximate surface area is 213 Å². The van der Waals surface area contributed by atoms with Crippen LogP contribution in [-0.4, -0.2) is 108 Å². The second-order valence-corrected chi connectivity index (χ2v) is 9.33. The van der Waals surface area contributed by atoms with Gasteiger partial charge in [-0.3, -0.25) is 14.6 Å². The molecule has 0 unspecified atom stereocenters. The number of nitrogens with zero attached hydrogens (tertiary/aromatic N) is 4. The van der Waals surface area contributed by atoms with E-state index in [0.717, 1.165) is 84.4 Å². The van der Waals surface area contributed by atoms with Crippen LogP contribution in [0.25, 0.3) is 0 Å². The van der Waals surface area contributed by atoms with Gasteiger partial charge < -0.3 is 20.0 Å². The molecule has 1 aromatic carbocycles. The molecule has 3 aliphatic rings. The van der Waals surface area contributed by atoms with Crippen LogP contribution < -0.4 is 4.90 Å². The van der Waals surface area contributed by atoms with Crippen molar-refractivity contribution in [3.63, 3.8) is 0 Å². The molecule has 4 rings (SSSR count). The van der Waals surface area contributed by atoms with Crippen LogP contribution in [0.2, 0.25) is 0 Å². The van der Waals surface area contributed by atoms with Crippen LogP contribution in [0.15, 0.2) is 36.4 Å². The van der Waals surface area contributed by atoms with Gasteiger partial charge in [-0.2, -0.15) is 13.2 Å². The molecule has 1 aromatic rings. The van der Waals surface area contributed by atoms with Crippen molar-refractivity contribution in [2.45, 2.75) is 19.0 Å². The maximum absolute atomic E-state index is 12.9. The lowest BCUT2D eigenvalue weighted by molar-refractivity contribution is -0.137. The molecule has 1 aliphatic carbocycles. The Kier molecular flexibility index (Phi) is 9.93. The molecule has 0 atom stereocenters. The lowest BCUT2D eigenvalue weighted by Crippen LogP contribution is -2.52. The summed E-state index contributed by atoms with van der Waals surface area (Å²) in [6.07, 6.45) is -1.06. The number of aliphatic carboxylic acids is 2. The highest BCUT2D eigenvalue weighted by Gasteiger charge is 2.34. The molecule has 12 heteroatoms. The van der Waals surface area contributed by atoms with Crippen LogP contribution in [-0.2, 0) is 20.6 Å². The standard InChI is InChI=1S/C21H29F3N4O.C4H4O4/c22-21(23,24)18-2-1-3-19(16-18)27-12-8-25(9-13-27)6-7-26-10-14-28(15-11-26)20(29)17-4-5-17;5-3(6)1-2-4(7)8/h1-3,16-17H,4-15H2;1-2H,(H,5,6)(H,7,8)/b;2-1+. The number of carboxylic acid groups (broad SMARTS) is 2. The van der Waals surface area contributed by atoms with Gasteiger partial charge in [0.15, 0.2) is 0 Å². The Morgan fingerprint density at radius 3 is 1.81 bits per heavy atom. The molecule has 1 amide bonds. The summed E-state index contributed by atoms with van der Waals surface area (Å²) in [5, 5.41) is 15.6. The lowest BCUT2D eigenvalue weighted by Gasteiger charge is -2.39. The summed E-state index contributed by atoms with van der Waals surface area (Å²) in [7, 11) is 0. The molecule has 2 saturated heterocycles. The quantitative estimate of drug-likeness (QED) is 0.521. The number of benzene rings is 1. The van der Waals surface area contributed by atoms with Gasteiger partial charge in [0.05, 0.1) is 5.56 Å². The first-order chi connectivity index (χ1) is 17.5. The summed E-state index contributed by atoms with van der Waals surface area (Å²) in [6, 6.07) is 5.61. The number of amides is 1. The van der Waals surface area contributed by atoms with E-state index in [0.29, 0.717) is 29.7 Å². The molecule has 2 N–H and O–H groups in total. The summed E-state index contributed by atoms with van der Waals surface area (Å²) >= 11 is 0. The molecule has 37 heavy (non-hydrogen) atoms. The van der Waals surface area contributed by atoms with Crippen molar-refractivity contribution in [2.75, 3.05) is 70.3 Å². The van der Waals surface area contributed by atoms with Crippen molar-refractivity contribution in [1.82, 2.24) is 14.7 Å². The Morgan fingerprint density at radius 1 is 0.838 bits per heavy atom. The van der Waals surface area contributed by atoms with E-state index in [4.69, 9.17) is 10.2 Å². The predicted molar refractivity (Wildman–Crippen MR) is 130 cm³/mol. The second kappa shape index (κ2) is 12.9. The first-order valence-electron chi connectivity index (χ1n) is 12.3. The highest BCUT2D eigenvalue weighted by molar-refractivity contribution is 5.89. The SMILES string of the molecule is O=C(C1CC1)N1CCN(CCN2CCN(c3cccc(C(F)(F)F)c3)CC2)CC1.O=C(O)/C=C/C(=O)O. The molecule has 0 spiro atoms. The zero-order valence-electron chi connectivity index (χ0n) is 20.6. The largest absolute Gasteiger partial charge is 0.478 e. The molecule has 2 heterocycles. The average molecular weight is 527 g/mol. The smallest absolute Gasteiger partial charge is 0.416 e. The number of carbonyl (C=O) groups is 3. The highest BCUT2D eigenvalue weighted by Crippen LogP contribution is 2.32. The molecular weight excluding hydrogens is 493 g/mol. The predicted octanol–water partition coefficient (Wildman–Crippen LogP) is 2.09. The number of alkyl halides is 3. The van der Waals surface area contributed by atoms with Gasteiger partial charge in [-0.1, -0.05) is 6.07 Å². The number of carbonyl (C=O) groups excluding carboxylic acids is 1. The van der Waals surface area contributed by atoms with Gasteiger partial charge in [-0.15, -0.1) is 0 Å². The van der Waals surface area contributed by atoms with E-state index in [-0.39, 0.29) is 0 Å². The van der Waals surface area contributed by atoms with E-state index in [2.05, 4.69) is 9.80 Å². The van der Waals surface area contributed by atoms with Crippen molar-refractivity contribution in [1.29, 1.82) is 0 Å². The maximum Gasteiger partial charge on any atom is 0.416 e. The fourth-order valence-electron chi connectivity index (χ4n) is 4.31. The molecule has 9 nitrogen and oxygen atoms in total. The third-order valence-electron chi connectivity index (χ3n) is 6.62. The molecule has 0 bridgehead atoms. The summed E-state index contributed by atoms with van der Waals surface area (Å²) < 4.78 is 38.8. The Hall–Kier alpha value is -3.12. The van der Waals surface area contributed by atoms with Gasteiger partial charge in [0, 0.05) is 89.2 Å². The van der Waals surface area contributed by atoms with Gasteiger partial charge >= 0.3 is 18.1 Å². The van der Waals surface area contributed by atoms with Crippen LogP contribution in [0.4, 0.5) is 18.9 Å². The van der Waals surface area contributed by atoms with Crippen LogP contribution in [0.3, 0.4) is 0 Å². The van der Waals surface area contributed by atoms with Gasteiger partial charge in [0.25, 0.3) is 0 Å². The van der Waals surface area contributed by atoms with Crippen molar-refractivity contribution in [3.05, 3.63) is 42.0 Å². The van der Waals surface area contributed by atoms with Gasteiger partial charge in [0.1, 0.15) is 0 Å². The summed E-state index contributed by atoms with van der Waals surface area (Å²) in [5.74, 6) is -1.87. The molecule has 204 valence electrons. The zero-order chi connectivity index (χ0) is 27.0. The van der Waals surface area contributed by atoms with Gasteiger partial charge in [0.2, 0.25) is 5.91 Å². The Bertz CT molecular complexity index is 951. The monoisotopic (exact) mass is 526 g/mol. The topological polar surface area (TPSA) is 105 Å². The molecule has 0 aromatic heterocycles.